The number of aromatic nitrogens is 1. The van der Waals surface area contributed by atoms with E-state index in [4.69, 9.17) is 0 Å². The van der Waals surface area contributed by atoms with E-state index in [0.717, 1.165) is 57.7 Å². The molecule has 1 aromatic heterocycles. The Morgan fingerprint density at radius 2 is 1.91 bits per heavy atom. The maximum atomic E-state index is 12.6. The van der Waals surface area contributed by atoms with Gasteiger partial charge >= 0.3 is 0 Å². The van der Waals surface area contributed by atoms with E-state index >= 15 is 0 Å². The lowest BCUT2D eigenvalue weighted by Crippen LogP contribution is -2.49. The molecule has 2 aliphatic rings. The first-order valence-corrected chi connectivity index (χ1v) is 8.96. The fourth-order valence-electron chi connectivity index (χ4n) is 3.91. The molecule has 1 aromatic rings. The molecule has 0 radical (unpaired) electrons. The fraction of sp³-hybridized carbons (Fsp3) is 0.722. The molecule has 0 saturated carbocycles. The molecule has 5 heteroatoms. The Hall–Kier alpha value is -1.33. The first-order chi connectivity index (χ1) is 11.2. The first-order valence-electron chi connectivity index (χ1n) is 8.96. The summed E-state index contributed by atoms with van der Waals surface area (Å²) in [6.45, 7) is 7.09. The highest BCUT2D eigenvalue weighted by molar-refractivity contribution is 5.92. The largest absolute Gasteiger partial charge is 0.396 e. The molecule has 1 amide bonds. The van der Waals surface area contributed by atoms with Crippen molar-refractivity contribution in [3.05, 3.63) is 23.5 Å². The summed E-state index contributed by atoms with van der Waals surface area (Å²) >= 11 is 0. The summed E-state index contributed by atoms with van der Waals surface area (Å²) < 4.78 is 0. The van der Waals surface area contributed by atoms with E-state index in [1.165, 1.54) is 12.8 Å². The number of hydrogen-bond donors (Lipinski definition) is 2. The second-order valence-electron chi connectivity index (χ2n) is 7.18. The summed E-state index contributed by atoms with van der Waals surface area (Å²) in [5, 5.41) is 9.94. The number of aryl methyl sites for hydroxylation is 1. The minimum absolute atomic E-state index is 0.0224. The van der Waals surface area contributed by atoms with Crippen molar-refractivity contribution in [1.29, 1.82) is 0 Å². The van der Waals surface area contributed by atoms with Crippen LogP contribution in [0, 0.1) is 5.41 Å². The monoisotopic (exact) mass is 319 g/mol. The Kier molecular flexibility index (Phi) is 5.07. The van der Waals surface area contributed by atoms with Crippen molar-refractivity contribution in [1.82, 2.24) is 14.8 Å². The molecule has 2 N–H and O–H groups in total. The summed E-state index contributed by atoms with van der Waals surface area (Å²) in [5.41, 5.74) is 1.77. The Morgan fingerprint density at radius 3 is 2.48 bits per heavy atom. The zero-order chi connectivity index (χ0) is 16.3. The average Bonchev–Trinajstić information content (AvgIpc) is 3.26. The van der Waals surface area contributed by atoms with Crippen LogP contribution in [0.25, 0.3) is 0 Å². The third-order valence-corrected chi connectivity index (χ3v) is 5.56. The van der Waals surface area contributed by atoms with Gasteiger partial charge in [-0.25, -0.2) is 0 Å². The van der Waals surface area contributed by atoms with E-state index in [-0.39, 0.29) is 17.9 Å². The maximum Gasteiger partial charge on any atom is 0.270 e. The molecule has 2 saturated heterocycles. The van der Waals surface area contributed by atoms with Gasteiger partial charge in [0.05, 0.1) is 6.61 Å². The maximum absolute atomic E-state index is 12.6. The molecule has 3 rings (SSSR count). The van der Waals surface area contributed by atoms with Gasteiger partial charge < -0.3 is 19.9 Å². The predicted molar refractivity (Wildman–Crippen MR) is 90.5 cm³/mol. The third kappa shape index (κ3) is 3.61. The van der Waals surface area contributed by atoms with E-state index in [1.54, 1.807) is 0 Å². The second kappa shape index (κ2) is 7.05. The molecule has 0 unspecified atom stereocenters. The number of aliphatic hydroxyl groups excluding tert-OH is 1. The molecule has 0 bridgehead atoms. The number of carbonyl (C=O) groups excluding carboxylic acids is 1. The number of piperidine rings is 1. The van der Waals surface area contributed by atoms with Gasteiger partial charge in [0.2, 0.25) is 0 Å². The number of aliphatic hydroxyl groups is 1. The van der Waals surface area contributed by atoms with E-state index in [0.29, 0.717) is 5.69 Å². The quantitative estimate of drug-likeness (QED) is 0.871. The minimum atomic E-state index is -0.0224. The lowest BCUT2D eigenvalue weighted by atomic mass is 9.78. The molecular weight excluding hydrogens is 290 g/mol. The van der Waals surface area contributed by atoms with Crippen LogP contribution in [0.5, 0.6) is 0 Å². The van der Waals surface area contributed by atoms with Gasteiger partial charge in [0, 0.05) is 30.7 Å². The van der Waals surface area contributed by atoms with Crippen LogP contribution in [0.3, 0.4) is 0 Å². The van der Waals surface area contributed by atoms with Crippen molar-refractivity contribution in [2.24, 2.45) is 5.41 Å². The molecule has 2 aliphatic heterocycles. The van der Waals surface area contributed by atoms with E-state index in [9.17, 15) is 9.90 Å². The molecule has 2 fully saturated rings. The zero-order valence-corrected chi connectivity index (χ0v) is 14.2. The summed E-state index contributed by atoms with van der Waals surface area (Å²) in [6, 6.07) is 3.88. The van der Waals surface area contributed by atoms with Crippen LogP contribution in [0.1, 0.15) is 48.8 Å². The second-order valence-corrected chi connectivity index (χ2v) is 7.18. The molecule has 5 nitrogen and oxygen atoms in total. The number of rotatable bonds is 5. The van der Waals surface area contributed by atoms with Crippen LogP contribution in [0.15, 0.2) is 12.1 Å². The van der Waals surface area contributed by atoms with Crippen LogP contribution < -0.4 is 0 Å². The Labute approximate surface area is 138 Å². The molecule has 0 atom stereocenters. The van der Waals surface area contributed by atoms with E-state index < -0.39 is 0 Å². The number of amides is 1. The van der Waals surface area contributed by atoms with Crippen LogP contribution in [0.2, 0.25) is 0 Å². The first kappa shape index (κ1) is 16.5. The van der Waals surface area contributed by atoms with Crippen molar-refractivity contribution < 1.29 is 9.90 Å². The highest BCUT2D eigenvalue weighted by Crippen LogP contribution is 2.33. The number of aromatic amines is 1. The van der Waals surface area contributed by atoms with Crippen molar-refractivity contribution >= 4 is 5.91 Å². The van der Waals surface area contributed by atoms with Gasteiger partial charge in [-0.05, 0) is 57.3 Å². The number of nitrogens with one attached hydrogen (secondary N) is 1. The average molecular weight is 319 g/mol. The van der Waals surface area contributed by atoms with Gasteiger partial charge in [0.25, 0.3) is 5.91 Å². The lowest BCUT2D eigenvalue weighted by Gasteiger charge is -2.42. The smallest absolute Gasteiger partial charge is 0.270 e. The van der Waals surface area contributed by atoms with Gasteiger partial charge in [-0.2, -0.15) is 0 Å². The van der Waals surface area contributed by atoms with E-state index in [1.807, 2.05) is 17.0 Å². The van der Waals surface area contributed by atoms with Gasteiger partial charge in [-0.1, -0.05) is 6.92 Å². The number of carbonyl (C=O) groups is 1. The van der Waals surface area contributed by atoms with Crippen molar-refractivity contribution in [3.63, 3.8) is 0 Å². The summed E-state index contributed by atoms with van der Waals surface area (Å²) in [4.78, 5) is 20.2. The molecule has 0 spiro atoms. The number of likely N-dealkylation sites (tertiary alicyclic amines) is 2. The fourth-order valence-corrected chi connectivity index (χ4v) is 3.91. The van der Waals surface area contributed by atoms with Crippen LogP contribution in [-0.4, -0.2) is 65.1 Å². The SMILES string of the molecule is CCc1ccc(C(=O)N2CCC(CO)(CN3CCCC3)CC2)[nH]1. The van der Waals surface area contributed by atoms with Crippen LogP contribution in [0.4, 0.5) is 0 Å². The topological polar surface area (TPSA) is 59.6 Å². The number of H-pyrrole nitrogens is 1. The molecule has 128 valence electrons. The van der Waals surface area contributed by atoms with Crippen LogP contribution >= 0.6 is 0 Å². The third-order valence-electron chi connectivity index (χ3n) is 5.56. The summed E-state index contributed by atoms with van der Waals surface area (Å²) in [5.74, 6) is 0.0948. The predicted octanol–water partition coefficient (Wildman–Crippen LogP) is 1.89. The zero-order valence-electron chi connectivity index (χ0n) is 14.2. The number of nitrogens with zero attached hydrogens (tertiary/aromatic N) is 2. The normalized spacial score (nSPS) is 21.7. The van der Waals surface area contributed by atoms with Gasteiger partial charge in [-0.3, -0.25) is 4.79 Å². The van der Waals surface area contributed by atoms with Gasteiger partial charge in [0.1, 0.15) is 5.69 Å². The highest BCUT2D eigenvalue weighted by Gasteiger charge is 2.37. The van der Waals surface area contributed by atoms with Crippen LogP contribution in [-0.2, 0) is 6.42 Å². The Morgan fingerprint density at radius 1 is 1.22 bits per heavy atom. The summed E-state index contributed by atoms with van der Waals surface area (Å²) in [6.07, 6.45) is 5.26. The summed E-state index contributed by atoms with van der Waals surface area (Å²) in [7, 11) is 0. The molecule has 23 heavy (non-hydrogen) atoms. The Balaban J connectivity index is 1.58. The minimum Gasteiger partial charge on any atom is -0.396 e. The van der Waals surface area contributed by atoms with E-state index in [2.05, 4.69) is 16.8 Å². The molecule has 3 heterocycles. The van der Waals surface area contributed by atoms with Crippen molar-refractivity contribution in [2.45, 2.75) is 39.0 Å². The van der Waals surface area contributed by atoms with Gasteiger partial charge in [0.15, 0.2) is 0 Å². The molecule has 0 aromatic carbocycles. The molecule has 0 aliphatic carbocycles. The van der Waals surface area contributed by atoms with Crippen molar-refractivity contribution in [3.8, 4) is 0 Å². The van der Waals surface area contributed by atoms with Crippen molar-refractivity contribution in [2.75, 3.05) is 39.3 Å². The Bertz CT molecular complexity index is 526. The highest BCUT2D eigenvalue weighted by atomic mass is 16.3. The van der Waals surface area contributed by atoms with Gasteiger partial charge in [-0.15, -0.1) is 0 Å². The number of hydrogen-bond acceptors (Lipinski definition) is 3. The lowest BCUT2D eigenvalue weighted by molar-refractivity contribution is 0.0177. The standard InChI is InChI=1S/C18H29N3O2/c1-2-15-5-6-16(19-15)17(23)21-11-7-18(14-22,8-12-21)13-20-9-3-4-10-20/h5-6,19,22H,2-4,7-14H2,1H3. The molecular formula is C18H29N3O2.